The minimum atomic E-state index is -0.177. The maximum atomic E-state index is 11.9. The number of benzene rings is 1. The van der Waals surface area contributed by atoms with Crippen LogP contribution in [0.4, 0.5) is 5.69 Å². The Hall–Kier alpha value is -2.09. The summed E-state index contributed by atoms with van der Waals surface area (Å²) in [6, 6.07) is 12.8. The Kier molecular flexibility index (Phi) is 4.13. The molecule has 0 saturated carbocycles. The predicted octanol–water partition coefficient (Wildman–Crippen LogP) is 2.34. The van der Waals surface area contributed by atoms with E-state index in [9.17, 15) is 4.79 Å². The number of para-hydroxylation sites is 1. The van der Waals surface area contributed by atoms with E-state index in [0.717, 1.165) is 10.6 Å². The second kappa shape index (κ2) is 6.01. The Bertz CT molecular complexity index is 593. The summed E-state index contributed by atoms with van der Waals surface area (Å²) in [5, 5.41) is 11.4. The highest BCUT2D eigenvalue weighted by Gasteiger charge is 2.08. The monoisotopic (exact) mass is 257 g/mol. The van der Waals surface area contributed by atoms with Crippen molar-refractivity contribution in [2.45, 2.75) is 0 Å². The molecule has 1 heterocycles. The van der Waals surface area contributed by atoms with Crippen LogP contribution < -0.4 is 5.32 Å². The lowest BCUT2D eigenvalue weighted by Gasteiger charge is -2.01. The summed E-state index contributed by atoms with van der Waals surface area (Å²) in [5.41, 5.74) is 0.763. The third kappa shape index (κ3) is 3.20. The lowest BCUT2D eigenvalue weighted by Crippen LogP contribution is -2.09. The summed E-state index contributed by atoms with van der Waals surface area (Å²) in [6.07, 6.45) is 0. The Balaban J connectivity index is 2.08. The van der Waals surface area contributed by atoms with Gasteiger partial charge in [-0.1, -0.05) is 30.0 Å². The number of amides is 1. The van der Waals surface area contributed by atoms with Crippen LogP contribution in [0.25, 0.3) is 0 Å². The van der Waals surface area contributed by atoms with Crippen LogP contribution in [0.5, 0.6) is 0 Å². The zero-order valence-corrected chi connectivity index (χ0v) is 10.3. The molecule has 3 nitrogen and oxygen atoms in total. The summed E-state index contributed by atoms with van der Waals surface area (Å²) in [7, 11) is 0. The fourth-order valence-electron chi connectivity index (χ4n) is 1.37. The first-order valence-electron chi connectivity index (χ1n) is 5.35. The van der Waals surface area contributed by atoms with Crippen LogP contribution >= 0.6 is 11.3 Å². The first kappa shape index (κ1) is 12.4. The highest BCUT2D eigenvalue weighted by Crippen LogP contribution is 2.17. The van der Waals surface area contributed by atoms with Crippen molar-refractivity contribution in [2.75, 3.05) is 11.9 Å². The molecule has 2 N–H and O–H groups in total. The van der Waals surface area contributed by atoms with E-state index in [1.165, 1.54) is 11.3 Å². The van der Waals surface area contributed by atoms with E-state index >= 15 is 0 Å². The third-order valence-corrected chi connectivity index (χ3v) is 3.15. The van der Waals surface area contributed by atoms with Crippen LogP contribution in [0, 0.1) is 11.8 Å². The van der Waals surface area contributed by atoms with Crippen LogP contribution in [-0.2, 0) is 0 Å². The molecule has 0 aliphatic carbocycles. The number of carbonyl (C=O) groups excluding carboxylic acids is 1. The van der Waals surface area contributed by atoms with Gasteiger partial charge in [-0.15, -0.1) is 11.3 Å². The van der Waals surface area contributed by atoms with Crippen molar-refractivity contribution in [1.82, 2.24) is 0 Å². The Morgan fingerprint density at radius 3 is 2.72 bits per heavy atom. The topological polar surface area (TPSA) is 49.3 Å². The van der Waals surface area contributed by atoms with Gasteiger partial charge in [0, 0.05) is 5.69 Å². The van der Waals surface area contributed by atoms with Crippen LogP contribution in [0.3, 0.4) is 0 Å². The van der Waals surface area contributed by atoms with Crippen molar-refractivity contribution in [3.63, 3.8) is 0 Å². The van der Waals surface area contributed by atoms with Gasteiger partial charge in [-0.05, 0) is 24.3 Å². The van der Waals surface area contributed by atoms with E-state index in [4.69, 9.17) is 5.11 Å². The van der Waals surface area contributed by atoms with Crippen LogP contribution in [0.1, 0.15) is 14.5 Å². The Labute approximate surface area is 109 Å². The molecule has 0 bridgehead atoms. The second-order valence-corrected chi connectivity index (χ2v) is 4.53. The summed E-state index contributed by atoms with van der Waals surface area (Å²) in [4.78, 5) is 13.3. The van der Waals surface area contributed by atoms with Gasteiger partial charge in [0.25, 0.3) is 5.91 Å². The average Bonchev–Trinajstić information content (AvgIpc) is 2.86. The maximum absolute atomic E-state index is 11.9. The van der Waals surface area contributed by atoms with E-state index in [1.807, 2.05) is 30.3 Å². The minimum Gasteiger partial charge on any atom is -0.384 e. The first-order chi connectivity index (χ1) is 8.79. The van der Waals surface area contributed by atoms with Crippen molar-refractivity contribution in [3.05, 3.63) is 52.2 Å². The largest absolute Gasteiger partial charge is 0.384 e. The standard InChI is InChI=1S/C14H11NO2S/c16-10-4-7-12-8-9-13(18-12)14(17)15-11-5-2-1-3-6-11/h1-3,5-6,8-9,16H,10H2,(H,15,17). The van der Waals surface area contributed by atoms with Gasteiger partial charge in [-0.2, -0.15) is 0 Å². The fraction of sp³-hybridized carbons (Fsp3) is 0.0714. The zero-order chi connectivity index (χ0) is 12.8. The predicted molar refractivity (Wildman–Crippen MR) is 72.7 cm³/mol. The van der Waals surface area contributed by atoms with Crippen LogP contribution in [0.15, 0.2) is 42.5 Å². The van der Waals surface area contributed by atoms with Gasteiger partial charge in [0.15, 0.2) is 0 Å². The summed E-state index contributed by atoms with van der Waals surface area (Å²) in [6.45, 7) is -0.177. The molecule has 0 unspecified atom stereocenters. The minimum absolute atomic E-state index is 0.150. The van der Waals surface area contributed by atoms with E-state index in [2.05, 4.69) is 17.2 Å². The van der Waals surface area contributed by atoms with Crippen LogP contribution in [-0.4, -0.2) is 17.6 Å². The van der Waals surface area contributed by atoms with E-state index in [1.54, 1.807) is 12.1 Å². The zero-order valence-electron chi connectivity index (χ0n) is 9.51. The summed E-state index contributed by atoms with van der Waals surface area (Å²) < 4.78 is 0. The summed E-state index contributed by atoms with van der Waals surface area (Å²) in [5.74, 6) is 5.17. The van der Waals surface area contributed by atoms with Gasteiger partial charge < -0.3 is 10.4 Å². The van der Waals surface area contributed by atoms with Gasteiger partial charge in [0.1, 0.15) is 6.61 Å². The van der Waals surface area contributed by atoms with Crippen LogP contribution in [0.2, 0.25) is 0 Å². The molecule has 0 aliphatic heterocycles. The smallest absolute Gasteiger partial charge is 0.265 e. The molecule has 18 heavy (non-hydrogen) atoms. The molecule has 0 aliphatic rings. The van der Waals surface area contributed by atoms with Crippen molar-refractivity contribution < 1.29 is 9.90 Å². The molecular weight excluding hydrogens is 246 g/mol. The maximum Gasteiger partial charge on any atom is 0.265 e. The van der Waals surface area contributed by atoms with Gasteiger partial charge in [0.05, 0.1) is 9.75 Å². The molecule has 2 rings (SSSR count). The van der Waals surface area contributed by atoms with Crippen molar-refractivity contribution in [2.24, 2.45) is 0 Å². The molecule has 2 aromatic rings. The lowest BCUT2D eigenvalue weighted by atomic mass is 10.3. The van der Waals surface area contributed by atoms with Crippen molar-refractivity contribution >= 4 is 22.9 Å². The highest BCUT2D eigenvalue weighted by molar-refractivity contribution is 7.14. The number of rotatable bonds is 2. The molecule has 4 heteroatoms. The van der Waals surface area contributed by atoms with Gasteiger partial charge >= 0.3 is 0 Å². The van der Waals surface area contributed by atoms with E-state index in [-0.39, 0.29) is 12.5 Å². The number of nitrogens with one attached hydrogen (secondary N) is 1. The molecule has 0 atom stereocenters. The molecular formula is C14H11NO2S. The number of hydrogen-bond acceptors (Lipinski definition) is 3. The number of thiophene rings is 1. The molecule has 0 saturated heterocycles. The molecule has 1 aromatic carbocycles. The van der Waals surface area contributed by atoms with E-state index < -0.39 is 0 Å². The molecule has 0 radical (unpaired) electrons. The average molecular weight is 257 g/mol. The Morgan fingerprint density at radius 2 is 2.00 bits per heavy atom. The van der Waals surface area contributed by atoms with E-state index in [0.29, 0.717) is 4.88 Å². The van der Waals surface area contributed by atoms with Gasteiger partial charge in [0.2, 0.25) is 0 Å². The molecule has 0 spiro atoms. The number of anilines is 1. The van der Waals surface area contributed by atoms with Gasteiger partial charge in [-0.25, -0.2) is 0 Å². The fourth-order valence-corrected chi connectivity index (χ4v) is 2.14. The number of aliphatic hydroxyl groups excluding tert-OH is 1. The lowest BCUT2D eigenvalue weighted by molar-refractivity contribution is 0.103. The number of aliphatic hydroxyl groups is 1. The van der Waals surface area contributed by atoms with Crippen molar-refractivity contribution in [1.29, 1.82) is 0 Å². The molecule has 90 valence electrons. The van der Waals surface area contributed by atoms with Gasteiger partial charge in [-0.3, -0.25) is 4.79 Å². The normalized spacial score (nSPS) is 9.39. The Morgan fingerprint density at radius 1 is 1.22 bits per heavy atom. The van der Waals surface area contributed by atoms with Crippen molar-refractivity contribution in [3.8, 4) is 11.8 Å². The molecule has 1 aromatic heterocycles. The molecule has 1 amide bonds. The first-order valence-corrected chi connectivity index (χ1v) is 6.17. The third-order valence-electron chi connectivity index (χ3n) is 2.15. The SMILES string of the molecule is O=C(Nc1ccccc1)c1ccc(C#CCO)s1. The quantitative estimate of drug-likeness (QED) is 0.811. The number of hydrogen-bond donors (Lipinski definition) is 2. The number of carbonyl (C=O) groups is 1. The summed E-state index contributed by atoms with van der Waals surface area (Å²) >= 11 is 1.30. The highest BCUT2D eigenvalue weighted by atomic mass is 32.1. The molecule has 0 fully saturated rings. The second-order valence-electron chi connectivity index (χ2n) is 3.44.